The van der Waals surface area contributed by atoms with Gasteiger partial charge in [-0.1, -0.05) is 33.1 Å². The van der Waals surface area contributed by atoms with E-state index in [1.807, 2.05) is 6.92 Å². The average Bonchev–Trinajstić information content (AvgIpc) is 2.13. The van der Waals surface area contributed by atoms with Crippen molar-refractivity contribution < 1.29 is 9.53 Å². The molecule has 2 heteroatoms. The van der Waals surface area contributed by atoms with Crippen molar-refractivity contribution in [1.82, 2.24) is 0 Å². The molecule has 88 valence electrons. The van der Waals surface area contributed by atoms with Gasteiger partial charge in [0.15, 0.2) is 0 Å². The topological polar surface area (TPSA) is 26.3 Å². The summed E-state index contributed by atoms with van der Waals surface area (Å²) < 4.78 is 5.21. The van der Waals surface area contributed by atoms with Gasteiger partial charge in [0.1, 0.15) is 0 Å². The maximum absolute atomic E-state index is 11.9. The van der Waals surface area contributed by atoms with Crippen molar-refractivity contribution in [2.75, 3.05) is 6.61 Å². The van der Waals surface area contributed by atoms with Crippen molar-refractivity contribution in [3.05, 3.63) is 0 Å². The number of hydrogen-bond acceptors (Lipinski definition) is 2. The molecule has 0 saturated heterocycles. The number of hydrogen-bond donors (Lipinski definition) is 0. The first-order valence-electron chi connectivity index (χ1n) is 6.34. The van der Waals surface area contributed by atoms with Crippen LogP contribution in [0, 0.1) is 11.3 Å². The molecule has 1 atom stereocenters. The summed E-state index contributed by atoms with van der Waals surface area (Å²) in [6.07, 6.45) is 6.86. The molecule has 1 aliphatic carbocycles. The number of unbranched alkanes of at least 4 members (excludes halogenated alkanes) is 1. The highest BCUT2D eigenvalue weighted by molar-refractivity contribution is 5.78. The minimum Gasteiger partial charge on any atom is -0.466 e. The number of esters is 1. The number of ether oxygens (including phenoxy) is 1. The van der Waals surface area contributed by atoms with Crippen LogP contribution in [0.5, 0.6) is 0 Å². The van der Waals surface area contributed by atoms with Crippen LogP contribution in [0.15, 0.2) is 0 Å². The minimum atomic E-state index is -0.120. The van der Waals surface area contributed by atoms with Crippen LogP contribution in [0.1, 0.15) is 59.3 Å². The Balaban J connectivity index is 2.55. The van der Waals surface area contributed by atoms with E-state index >= 15 is 0 Å². The van der Waals surface area contributed by atoms with E-state index in [1.165, 1.54) is 19.3 Å². The molecule has 1 aliphatic rings. The van der Waals surface area contributed by atoms with Gasteiger partial charge in [-0.15, -0.1) is 0 Å². The number of carbonyl (C=O) groups excluding carboxylic acids is 1. The molecular weight excluding hydrogens is 188 g/mol. The quantitative estimate of drug-likeness (QED) is 0.629. The molecule has 0 aromatic carbocycles. The zero-order valence-corrected chi connectivity index (χ0v) is 10.3. The van der Waals surface area contributed by atoms with Crippen molar-refractivity contribution in [2.45, 2.75) is 59.3 Å². The Hall–Kier alpha value is -0.530. The normalized spacial score (nSPS) is 20.5. The van der Waals surface area contributed by atoms with Crippen molar-refractivity contribution in [1.29, 1.82) is 0 Å². The standard InChI is InChI=1S/C13H24O2/c1-4-6-8-11(3)13(9-7-10-13)12(14)15-5-2/h11H,4-10H2,1-3H3. The molecule has 0 spiro atoms. The maximum atomic E-state index is 11.9. The maximum Gasteiger partial charge on any atom is 0.312 e. The van der Waals surface area contributed by atoms with Crippen LogP contribution >= 0.6 is 0 Å². The van der Waals surface area contributed by atoms with Gasteiger partial charge in [0.05, 0.1) is 12.0 Å². The Labute approximate surface area is 93.4 Å². The highest BCUT2D eigenvalue weighted by Crippen LogP contribution is 2.49. The first-order chi connectivity index (χ1) is 7.17. The largest absolute Gasteiger partial charge is 0.466 e. The van der Waals surface area contributed by atoms with Crippen LogP contribution in [-0.4, -0.2) is 12.6 Å². The third-order valence-electron chi connectivity index (χ3n) is 3.86. The monoisotopic (exact) mass is 212 g/mol. The second-order valence-corrected chi connectivity index (χ2v) is 4.77. The summed E-state index contributed by atoms with van der Waals surface area (Å²) in [5.41, 5.74) is -0.120. The van der Waals surface area contributed by atoms with Gasteiger partial charge < -0.3 is 4.74 Å². The van der Waals surface area contributed by atoms with E-state index in [1.54, 1.807) is 0 Å². The van der Waals surface area contributed by atoms with Gasteiger partial charge in [0.25, 0.3) is 0 Å². The first kappa shape index (κ1) is 12.5. The Kier molecular flexibility index (Phi) is 4.62. The molecule has 1 fully saturated rings. The Bertz CT molecular complexity index is 207. The Morgan fingerprint density at radius 1 is 1.40 bits per heavy atom. The van der Waals surface area contributed by atoms with Gasteiger partial charge in [-0.3, -0.25) is 4.79 Å². The molecule has 0 aliphatic heterocycles. The summed E-state index contributed by atoms with van der Waals surface area (Å²) >= 11 is 0. The summed E-state index contributed by atoms with van der Waals surface area (Å²) in [6, 6.07) is 0. The van der Waals surface area contributed by atoms with Crippen LogP contribution in [0.3, 0.4) is 0 Å². The molecule has 2 nitrogen and oxygen atoms in total. The lowest BCUT2D eigenvalue weighted by Gasteiger charge is -2.44. The molecule has 0 aromatic rings. The fourth-order valence-corrected chi connectivity index (χ4v) is 2.52. The van der Waals surface area contributed by atoms with E-state index < -0.39 is 0 Å². The van der Waals surface area contributed by atoms with E-state index in [4.69, 9.17) is 4.74 Å². The summed E-state index contributed by atoms with van der Waals surface area (Å²) in [5, 5.41) is 0. The zero-order valence-electron chi connectivity index (χ0n) is 10.3. The van der Waals surface area contributed by atoms with E-state index in [0.717, 1.165) is 19.3 Å². The van der Waals surface area contributed by atoms with Crippen molar-refractivity contribution >= 4 is 5.97 Å². The fourth-order valence-electron chi connectivity index (χ4n) is 2.52. The van der Waals surface area contributed by atoms with E-state index in [-0.39, 0.29) is 11.4 Å². The lowest BCUT2D eigenvalue weighted by atomic mass is 9.60. The second-order valence-electron chi connectivity index (χ2n) is 4.77. The molecular formula is C13H24O2. The summed E-state index contributed by atoms with van der Waals surface area (Å²) in [5.74, 6) is 0.546. The summed E-state index contributed by atoms with van der Waals surface area (Å²) in [6.45, 7) is 6.82. The van der Waals surface area contributed by atoms with E-state index in [0.29, 0.717) is 12.5 Å². The van der Waals surface area contributed by atoms with Gasteiger partial charge in [0, 0.05) is 0 Å². The van der Waals surface area contributed by atoms with E-state index in [9.17, 15) is 4.79 Å². The average molecular weight is 212 g/mol. The summed E-state index contributed by atoms with van der Waals surface area (Å²) in [7, 11) is 0. The number of carbonyl (C=O) groups is 1. The van der Waals surface area contributed by atoms with Crippen LogP contribution in [-0.2, 0) is 9.53 Å². The van der Waals surface area contributed by atoms with Crippen LogP contribution in [0.4, 0.5) is 0 Å². The predicted octanol–water partition coefficient (Wildman–Crippen LogP) is 3.55. The van der Waals surface area contributed by atoms with Crippen LogP contribution in [0.2, 0.25) is 0 Å². The number of rotatable bonds is 6. The molecule has 1 unspecified atom stereocenters. The first-order valence-corrected chi connectivity index (χ1v) is 6.34. The molecule has 0 aromatic heterocycles. The predicted molar refractivity (Wildman–Crippen MR) is 61.6 cm³/mol. The van der Waals surface area contributed by atoms with Gasteiger partial charge in [-0.25, -0.2) is 0 Å². The third kappa shape index (κ3) is 2.53. The van der Waals surface area contributed by atoms with Gasteiger partial charge in [-0.2, -0.15) is 0 Å². The molecule has 0 radical (unpaired) electrons. The molecule has 1 saturated carbocycles. The van der Waals surface area contributed by atoms with Crippen molar-refractivity contribution in [3.63, 3.8) is 0 Å². The fraction of sp³-hybridized carbons (Fsp3) is 0.923. The lowest BCUT2D eigenvalue weighted by Crippen LogP contribution is -2.44. The Morgan fingerprint density at radius 3 is 2.47 bits per heavy atom. The lowest BCUT2D eigenvalue weighted by molar-refractivity contribution is -0.166. The van der Waals surface area contributed by atoms with Gasteiger partial charge in [-0.05, 0) is 32.1 Å². The summed E-state index contributed by atoms with van der Waals surface area (Å²) in [4.78, 5) is 11.9. The Morgan fingerprint density at radius 2 is 2.07 bits per heavy atom. The molecule has 0 amide bonds. The smallest absolute Gasteiger partial charge is 0.312 e. The molecule has 1 rings (SSSR count). The SMILES string of the molecule is CCCCC(C)C1(C(=O)OCC)CCC1. The second kappa shape index (κ2) is 5.53. The van der Waals surface area contributed by atoms with Crippen LogP contribution < -0.4 is 0 Å². The van der Waals surface area contributed by atoms with Crippen LogP contribution in [0.25, 0.3) is 0 Å². The van der Waals surface area contributed by atoms with Gasteiger partial charge in [0.2, 0.25) is 0 Å². The highest BCUT2D eigenvalue weighted by Gasteiger charge is 2.49. The molecule has 0 N–H and O–H groups in total. The molecule has 0 bridgehead atoms. The molecule has 0 heterocycles. The van der Waals surface area contributed by atoms with Gasteiger partial charge >= 0.3 is 5.97 Å². The van der Waals surface area contributed by atoms with Crippen molar-refractivity contribution in [2.24, 2.45) is 11.3 Å². The minimum absolute atomic E-state index is 0.0554. The molecule has 15 heavy (non-hydrogen) atoms. The van der Waals surface area contributed by atoms with Crippen molar-refractivity contribution in [3.8, 4) is 0 Å². The highest BCUT2D eigenvalue weighted by atomic mass is 16.5. The zero-order chi connectivity index (χ0) is 11.3. The third-order valence-corrected chi connectivity index (χ3v) is 3.86. The van der Waals surface area contributed by atoms with E-state index in [2.05, 4.69) is 13.8 Å².